The third-order valence-electron chi connectivity index (χ3n) is 7.50. The Hall–Kier alpha value is -3.79. The standard InChI is InChI=1S/C27H32FN7O2/c1-18(33-9-6-19(7-10-33)34-12-11-32(3)26(36)17-34)16-35-27(29-2)22(15-31-35)20-5-8-30-24-14-23(28)25(37-4)13-21(20)24/h5,8,13-16,19H,2,6-7,9-12,17H2,1,3-4H3/b18-16+. The summed E-state index contributed by atoms with van der Waals surface area (Å²) in [4.78, 5) is 27.2. The van der Waals surface area contributed by atoms with Crippen molar-refractivity contribution in [1.29, 1.82) is 0 Å². The number of likely N-dealkylation sites (tertiary alicyclic amines) is 1. The molecule has 0 saturated carbocycles. The molecule has 0 unspecified atom stereocenters. The summed E-state index contributed by atoms with van der Waals surface area (Å²) in [6, 6.07) is 5.32. The number of rotatable bonds is 6. The number of amides is 1. The summed E-state index contributed by atoms with van der Waals surface area (Å²) in [5, 5.41) is 5.32. The molecule has 1 aromatic carbocycles. The molecular weight excluding hydrogens is 473 g/mol. The summed E-state index contributed by atoms with van der Waals surface area (Å²) >= 11 is 0. The SMILES string of the molecule is C=Nc1c(-c2ccnc3cc(F)c(OC)cc23)cnn1/C=C(\C)N1CCC(N2CCN(C)C(=O)C2)CC1. The van der Waals surface area contributed by atoms with E-state index in [1.165, 1.54) is 13.2 Å². The van der Waals surface area contributed by atoms with Gasteiger partial charge in [-0.2, -0.15) is 5.10 Å². The van der Waals surface area contributed by atoms with Crippen molar-refractivity contribution >= 4 is 35.5 Å². The van der Waals surface area contributed by atoms with Crippen LogP contribution in [0.4, 0.5) is 10.2 Å². The Labute approximate surface area is 215 Å². The first-order valence-corrected chi connectivity index (χ1v) is 12.5. The summed E-state index contributed by atoms with van der Waals surface area (Å²) in [5.74, 6) is 0.497. The quantitative estimate of drug-likeness (QED) is 0.476. The highest BCUT2D eigenvalue weighted by Gasteiger charge is 2.30. The number of allylic oxidation sites excluding steroid dienone is 1. The maximum absolute atomic E-state index is 14.2. The van der Waals surface area contributed by atoms with Crippen molar-refractivity contribution in [3.63, 3.8) is 0 Å². The van der Waals surface area contributed by atoms with E-state index in [4.69, 9.17) is 4.74 Å². The zero-order chi connectivity index (χ0) is 26.1. The van der Waals surface area contributed by atoms with E-state index in [0.29, 0.717) is 23.9 Å². The monoisotopic (exact) mass is 505 g/mol. The van der Waals surface area contributed by atoms with Crippen LogP contribution in [0.1, 0.15) is 19.8 Å². The van der Waals surface area contributed by atoms with E-state index in [0.717, 1.165) is 61.2 Å². The van der Waals surface area contributed by atoms with Gasteiger partial charge in [0.15, 0.2) is 17.4 Å². The molecule has 5 rings (SSSR count). The van der Waals surface area contributed by atoms with Gasteiger partial charge in [0.1, 0.15) is 0 Å². The minimum atomic E-state index is -0.459. The van der Waals surface area contributed by atoms with E-state index < -0.39 is 5.82 Å². The lowest BCUT2D eigenvalue weighted by Crippen LogP contribution is -2.54. The molecule has 0 N–H and O–H groups in total. The van der Waals surface area contributed by atoms with Gasteiger partial charge < -0.3 is 14.5 Å². The van der Waals surface area contributed by atoms with Gasteiger partial charge in [0, 0.05) is 74.4 Å². The van der Waals surface area contributed by atoms with Crippen LogP contribution in [0.5, 0.6) is 5.75 Å². The number of aliphatic imine (C=N–C) groups is 1. The van der Waals surface area contributed by atoms with Gasteiger partial charge in [-0.15, -0.1) is 0 Å². The largest absolute Gasteiger partial charge is 0.494 e. The second kappa shape index (κ2) is 10.3. The van der Waals surface area contributed by atoms with E-state index >= 15 is 0 Å². The number of aromatic nitrogens is 3. The minimum absolute atomic E-state index is 0.155. The van der Waals surface area contributed by atoms with Crippen LogP contribution in [0.3, 0.4) is 0 Å². The van der Waals surface area contributed by atoms with Crippen LogP contribution in [0.15, 0.2) is 41.3 Å². The van der Waals surface area contributed by atoms with E-state index in [9.17, 15) is 9.18 Å². The van der Waals surface area contributed by atoms with Crippen molar-refractivity contribution in [3.8, 4) is 16.9 Å². The van der Waals surface area contributed by atoms with Crippen molar-refractivity contribution < 1.29 is 13.9 Å². The zero-order valence-corrected chi connectivity index (χ0v) is 21.5. The van der Waals surface area contributed by atoms with Gasteiger partial charge in [0.25, 0.3) is 0 Å². The Kier molecular flexibility index (Phi) is 6.92. The number of hydrogen-bond donors (Lipinski definition) is 0. The molecule has 2 aliphatic rings. The van der Waals surface area contributed by atoms with Gasteiger partial charge >= 0.3 is 0 Å². The lowest BCUT2D eigenvalue weighted by atomic mass is 10.0. The molecule has 0 atom stereocenters. The summed E-state index contributed by atoms with van der Waals surface area (Å²) in [6.45, 7) is 9.94. The van der Waals surface area contributed by atoms with E-state index in [2.05, 4.69) is 38.5 Å². The number of fused-ring (bicyclic) bond motifs is 1. The Morgan fingerprint density at radius 3 is 2.70 bits per heavy atom. The maximum Gasteiger partial charge on any atom is 0.236 e. The van der Waals surface area contributed by atoms with Crippen LogP contribution in [0.25, 0.3) is 28.2 Å². The molecule has 4 heterocycles. The predicted molar refractivity (Wildman–Crippen MR) is 142 cm³/mol. The Bertz CT molecular complexity index is 1360. The number of benzene rings is 1. The topological polar surface area (TPSA) is 79.1 Å². The first-order chi connectivity index (χ1) is 17.9. The molecule has 2 fully saturated rings. The number of carbonyl (C=O) groups is 1. The van der Waals surface area contributed by atoms with E-state index in [1.807, 2.05) is 24.2 Å². The summed E-state index contributed by atoms with van der Waals surface area (Å²) in [6.07, 6.45) is 7.39. The fourth-order valence-electron chi connectivity index (χ4n) is 5.27. The predicted octanol–water partition coefficient (Wildman–Crippen LogP) is 3.63. The van der Waals surface area contributed by atoms with Crippen molar-refractivity contribution in [1.82, 2.24) is 29.5 Å². The highest BCUT2D eigenvalue weighted by atomic mass is 19.1. The maximum atomic E-state index is 14.2. The van der Waals surface area contributed by atoms with Crippen molar-refractivity contribution in [2.75, 3.05) is 46.9 Å². The molecule has 0 spiro atoms. The Morgan fingerprint density at radius 2 is 2.00 bits per heavy atom. The van der Waals surface area contributed by atoms with Crippen LogP contribution in [0, 0.1) is 5.82 Å². The zero-order valence-electron chi connectivity index (χ0n) is 21.5. The Morgan fingerprint density at radius 1 is 1.22 bits per heavy atom. The lowest BCUT2D eigenvalue weighted by Gasteiger charge is -2.42. The van der Waals surface area contributed by atoms with Crippen LogP contribution >= 0.6 is 0 Å². The molecular formula is C27H32FN7O2. The summed E-state index contributed by atoms with van der Waals surface area (Å²) in [7, 11) is 3.31. The van der Waals surface area contributed by atoms with Gasteiger partial charge in [-0.25, -0.2) is 14.1 Å². The average Bonchev–Trinajstić information content (AvgIpc) is 3.31. The molecule has 2 aromatic heterocycles. The fraction of sp³-hybridized carbons (Fsp3) is 0.407. The third kappa shape index (κ3) is 4.81. The van der Waals surface area contributed by atoms with Gasteiger partial charge in [-0.1, -0.05) is 0 Å². The van der Waals surface area contributed by atoms with Crippen LogP contribution in [0.2, 0.25) is 0 Å². The normalized spacial score (nSPS) is 18.1. The van der Waals surface area contributed by atoms with Crippen molar-refractivity contribution in [2.45, 2.75) is 25.8 Å². The van der Waals surface area contributed by atoms with Crippen molar-refractivity contribution in [3.05, 3.63) is 42.1 Å². The number of carbonyl (C=O) groups excluding carboxylic acids is 1. The molecule has 1 amide bonds. The first-order valence-electron chi connectivity index (χ1n) is 12.5. The molecule has 2 saturated heterocycles. The van der Waals surface area contributed by atoms with Crippen LogP contribution in [-0.2, 0) is 4.79 Å². The molecule has 0 aliphatic carbocycles. The molecule has 194 valence electrons. The number of methoxy groups -OCH3 is 1. The number of nitrogens with zero attached hydrogens (tertiary/aromatic N) is 7. The molecule has 10 heteroatoms. The molecule has 0 radical (unpaired) electrons. The fourth-order valence-corrected chi connectivity index (χ4v) is 5.27. The van der Waals surface area contributed by atoms with Crippen LogP contribution in [-0.4, -0.2) is 95.0 Å². The van der Waals surface area contributed by atoms with E-state index in [1.54, 1.807) is 23.1 Å². The number of hydrogen-bond acceptors (Lipinski definition) is 7. The summed E-state index contributed by atoms with van der Waals surface area (Å²) < 4.78 is 21.2. The molecule has 9 nitrogen and oxygen atoms in total. The van der Waals surface area contributed by atoms with Gasteiger partial charge in [0.2, 0.25) is 5.91 Å². The number of ether oxygens (including phenoxy) is 1. The highest BCUT2D eigenvalue weighted by Crippen LogP contribution is 2.37. The van der Waals surface area contributed by atoms with E-state index in [-0.39, 0.29) is 11.7 Å². The second-order valence-electron chi connectivity index (χ2n) is 9.62. The van der Waals surface area contributed by atoms with Gasteiger partial charge in [-0.05, 0) is 44.2 Å². The van der Waals surface area contributed by atoms with Crippen LogP contribution < -0.4 is 4.74 Å². The number of piperidine rings is 1. The number of halogens is 1. The minimum Gasteiger partial charge on any atom is -0.494 e. The highest BCUT2D eigenvalue weighted by molar-refractivity contribution is 5.97. The Balaban J connectivity index is 1.36. The average molecular weight is 506 g/mol. The van der Waals surface area contributed by atoms with Gasteiger partial charge in [-0.3, -0.25) is 14.7 Å². The van der Waals surface area contributed by atoms with Gasteiger partial charge in [0.05, 0.1) is 25.4 Å². The third-order valence-corrected chi connectivity index (χ3v) is 7.50. The number of piperazine rings is 1. The molecule has 3 aromatic rings. The molecule has 0 bridgehead atoms. The van der Waals surface area contributed by atoms with Crippen molar-refractivity contribution in [2.24, 2.45) is 4.99 Å². The summed E-state index contributed by atoms with van der Waals surface area (Å²) in [5.41, 5.74) is 3.20. The smallest absolute Gasteiger partial charge is 0.236 e. The lowest BCUT2D eigenvalue weighted by molar-refractivity contribution is -0.135. The molecule has 37 heavy (non-hydrogen) atoms. The number of likely N-dealkylation sites (N-methyl/N-ethyl adjacent to an activating group) is 1. The molecule has 2 aliphatic heterocycles. The number of pyridine rings is 1. The second-order valence-corrected chi connectivity index (χ2v) is 9.62. The first kappa shape index (κ1) is 24.9.